The Morgan fingerprint density at radius 1 is 1.43 bits per heavy atom. The van der Waals surface area contributed by atoms with E-state index in [1.165, 1.54) is 0 Å². The molecule has 0 aromatic heterocycles. The fraction of sp³-hybridized carbons (Fsp3) is 1.00. The number of likely N-dealkylation sites (N-methyl/N-ethyl adjacent to an activating group) is 1. The minimum absolute atomic E-state index is 0.555. The average Bonchev–Trinajstić information content (AvgIpc) is 2.15. The molecular formula is C10H21NO3. The molecule has 0 unspecified atom stereocenters. The van der Waals surface area contributed by atoms with Gasteiger partial charge in [-0.15, -0.1) is 0 Å². The summed E-state index contributed by atoms with van der Waals surface area (Å²) in [6, 6.07) is 0. The monoisotopic (exact) mass is 203 g/mol. The van der Waals surface area contributed by atoms with Crippen LogP contribution in [0, 0.1) is 0 Å². The van der Waals surface area contributed by atoms with Gasteiger partial charge in [0.25, 0.3) is 0 Å². The molecule has 84 valence electrons. The largest absolute Gasteiger partial charge is 0.388 e. The van der Waals surface area contributed by atoms with E-state index in [1.807, 2.05) is 7.05 Å². The van der Waals surface area contributed by atoms with Crippen molar-refractivity contribution in [1.29, 1.82) is 0 Å². The fourth-order valence-corrected chi connectivity index (χ4v) is 1.74. The summed E-state index contributed by atoms with van der Waals surface area (Å²) in [7, 11) is 3.70. The first-order valence-corrected chi connectivity index (χ1v) is 5.14. The van der Waals surface area contributed by atoms with E-state index >= 15 is 0 Å². The predicted molar refractivity (Wildman–Crippen MR) is 54.4 cm³/mol. The van der Waals surface area contributed by atoms with Gasteiger partial charge in [0.2, 0.25) is 0 Å². The van der Waals surface area contributed by atoms with Crippen LogP contribution in [0.5, 0.6) is 0 Å². The summed E-state index contributed by atoms with van der Waals surface area (Å²) in [5.41, 5.74) is -0.555. The van der Waals surface area contributed by atoms with E-state index < -0.39 is 5.60 Å². The van der Waals surface area contributed by atoms with Crippen LogP contribution in [0.15, 0.2) is 0 Å². The number of aliphatic hydroxyl groups is 1. The van der Waals surface area contributed by atoms with Crippen molar-refractivity contribution in [3.05, 3.63) is 0 Å². The molecule has 0 atom stereocenters. The van der Waals surface area contributed by atoms with Crippen LogP contribution in [-0.2, 0) is 9.47 Å². The number of hydrogen-bond acceptors (Lipinski definition) is 4. The molecule has 0 spiro atoms. The van der Waals surface area contributed by atoms with Gasteiger partial charge >= 0.3 is 0 Å². The van der Waals surface area contributed by atoms with E-state index in [0.717, 1.165) is 19.4 Å². The van der Waals surface area contributed by atoms with Crippen molar-refractivity contribution in [3.63, 3.8) is 0 Å². The zero-order chi connectivity index (χ0) is 10.4. The van der Waals surface area contributed by atoms with Crippen LogP contribution < -0.4 is 0 Å². The number of rotatable bonds is 5. The molecule has 0 bridgehead atoms. The maximum atomic E-state index is 10.2. The van der Waals surface area contributed by atoms with Gasteiger partial charge in [-0.25, -0.2) is 0 Å². The minimum atomic E-state index is -0.555. The minimum Gasteiger partial charge on any atom is -0.388 e. The first kappa shape index (κ1) is 11.9. The van der Waals surface area contributed by atoms with Crippen LogP contribution in [-0.4, -0.2) is 62.7 Å². The molecule has 0 aliphatic carbocycles. The van der Waals surface area contributed by atoms with Crippen molar-refractivity contribution >= 4 is 0 Å². The molecule has 4 nitrogen and oxygen atoms in total. The Morgan fingerprint density at radius 3 is 2.64 bits per heavy atom. The van der Waals surface area contributed by atoms with E-state index in [1.54, 1.807) is 7.11 Å². The van der Waals surface area contributed by atoms with Gasteiger partial charge in [-0.2, -0.15) is 0 Å². The first-order chi connectivity index (χ1) is 6.66. The van der Waals surface area contributed by atoms with Crippen LogP contribution in [0.4, 0.5) is 0 Å². The molecule has 0 saturated carbocycles. The van der Waals surface area contributed by atoms with E-state index in [-0.39, 0.29) is 0 Å². The summed E-state index contributed by atoms with van der Waals surface area (Å²) in [4.78, 5) is 2.11. The van der Waals surface area contributed by atoms with Crippen LogP contribution in [0.1, 0.15) is 12.8 Å². The third-order valence-electron chi connectivity index (χ3n) is 2.66. The average molecular weight is 203 g/mol. The van der Waals surface area contributed by atoms with E-state index in [9.17, 15) is 5.11 Å². The van der Waals surface area contributed by atoms with Gasteiger partial charge in [0.15, 0.2) is 0 Å². The van der Waals surface area contributed by atoms with Crippen LogP contribution in [0.25, 0.3) is 0 Å². The summed E-state index contributed by atoms with van der Waals surface area (Å²) in [6.07, 6.45) is 1.48. The molecule has 1 rings (SSSR count). The highest BCUT2D eigenvalue weighted by Crippen LogP contribution is 2.20. The van der Waals surface area contributed by atoms with Crippen molar-refractivity contribution < 1.29 is 14.6 Å². The predicted octanol–water partition coefficient (Wildman–Crippen LogP) is 0.106. The molecule has 4 heteroatoms. The molecule has 0 aromatic rings. The van der Waals surface area contributed by atoms with Crippen LogP contribution >= 0.6 is 0 Å². The quantitative estimate of drug-likeness (QED) is 0.688. The second kappa shape index (κ2) is 5.66. The molecule has 14 heavy (non-hydrogen) atoms. The Labute approximate surface area is 85.8 Å². The highest BCUT2D eigenvalue weighted by molar-refractivity contribution is 4.83. The van der Waals surface area contributed by atoms with Gasteiger partial charge in [0, 0.05) is 46.3 Å². The summed E-state index contributed by atoms with van der Waals surface area (Å²) in [5.74, 6) is 0. The second-order valence-electron chi connectivity index (χ2n) is 4.07. The zero-order valence-corrected chi connectivity index (χ0v) is 9.16. The highest BCUT2D eigenvalue weighted by Gasteiger charge is 2.30. The van der Waals surface area contributed by atoms with Gasteiger partial charge in [-0.05, 0) is 7.05 Å². The van der Waals surface area contributed by atoms with Crippen LogP contribution in [0.3, 0.4) is 0 Å². The van der Waals surface area contributed by atoms with E-state index in [4.69, 9.17) is 9.47 Å². The second-order valence-corrected chi connectivity index (χ2v) is 4.07. The summed E-state index contributed by atoms with van der Waals surface area (Å²) < 4.78 is 10.2. The Kier molecular flexibility index (Phi) is 4.81. The molecule has 0 aromatic carbocycles. The van der Waals surface area contributed by atoms with Gasteiger partial charge in [-0.1, -0.05) is 0 Å². The molecule has 1 saturated heterocycles. The Bertz CT molecular complexity index is 157. The lowest BCUT2D eigenvalue weighted by molar-refractivity contribution is -0.0781. The van der Waals surface area contributed by atoms with Crippen molar-refractivity contribution in [2.45, 2.75) is 18.4 Å². The summed E-state index contributed by atoms with van der Waals surface area (Å²) >= 11 is 0. The van der Waals surface area contributed by atoms with Crippen molar-refractivity contribution in [2.75, 3.05) is 47.1 Å². The van der Waals surface area contributed by atoms with E-state index in [0.29, 0.717) is 26.4 Å². The molecule has 1 heterocycles. The zero-order valence-electron chi connectivity index (χ0n) is 9.16. The molecule has 0 amide bonds. The third kappa shape index (κ3) is 3.92. The number of hydrogen-bond donors (Lipinski definition) is 1. The Morgan fingerprint density at radius 2 is 2.07 bits per heavy atom. The molecule has 1 N–H and O–H groups in total. The van der Waals surface area contributed by atoms with Gasteiger partial charge < -0.3 is 19.5 Å². The maximum absolute atomic E-state index is 10.2. The lowest BCUT2D eigenvalue weighted by Gasteiger charge is -2.35. The highest BCUT2D eigenvalue weighted by atomic mass is 16.5. The summed E-state index contributed by atoms with van der Waals surface area (Å²) in [6.45, 7) is 3.63. The smallest absolute Gasteiger partial charge is 0.0817 e. The van der Waals surface area contributed by atoms with Gasteiger partial charge in [-0.3, -0.25) is 0 Å². The topological polar surface area (TPSA) is 41.9 Å². The first-order valence-electron chi connectivity index (χ1n) is 5.14. The third-order valence-corrected chi connectivity index (χ3v) is 2.66. The number of methoxy groups -OCH3 is 1. The normalized spacial score (nSPS) is 21.4. The number of ether oxygens (including phenoxy) is 2. The molecule has 1 aliphatic rings. The lowest BCUT2D eigenvalue weighted by atomic mass is 9.94. The molecule has 1 aliphatic heterocycles. The SMILES string of the molecule is COCCN(C)CC1(O)CCOCC1. The number of nitrogens with zero attached hydrogens (tertiary/aromatic N) is 1. The van der Waals surface area contributed by atoms with Crippen molar-refractivity contribution in [2.24, 2.45) is 0 Å². The molecule has 1 fully saturated rings. The molecule has 0 radical (unpaired) electrons. The van der Waals surface area contributed by atoms with Crippen molar-refractivity contribution in [1.82, 2.24) is 4.90 Å². The molecular weight excluding hydrogens is 182 g/mol. The van der Waals surface area contributed by atoms with Crippen molar-refractivity contribution in [3.8, 4) is 0 Å². The standard InChI is InChI=1S/C10H21NO3/c1-11(5-8-13-2)9-10(12)3-6-14-7-4-10/h12H,3-9H2,1-2H3. The van der Waals surface area contributed by atoms with Gasteiger partial charge in [0.1, 0.15) is 0 Å². The summed E-state index contributed by atoms with van der Waals surface area (Å²) in [5, 5.41) is 10.2. The van der Waals surface area contributed by atoms with Gasteiger partial charge in [0.05, 0.1) is 12.2 Å². The van der Waals surface area contributed by atoms with Crippen LogP contribution in [0.2, 0.25) is 0 Å². The Hall–Kier alpha value is -0.160. The Balaban J connectivity index is 2.25. The lowest BCUT2D eigenvalue weighted by Crippen LogP contribution is -2.46. The van der Waals surface area contributed by atoms with E-state index in [2.05, 4.69) is 4.90 Å². The maximum Gasteiger partial charge on any atom is 0.0817 e. The fourth-order valence-electron chi connectivity index (χ4n) is 1.74.